The summed E-state index contributed by atoms with van der Waals surface area (Å²) in [5.41, 5.74) is 1.29. The summed E-state index contributed by atoms with van der Waals surface area (Å²) in [7, 11) is 1.52. The van der Waals surface area contributed by atoms with Gasteiger partial charge in [0.15, 0.2) is 6.79 Å². The van der Waals surface area contributed by atoms with Crippen LogP contribution in [0, 0.1) is 0 Å². The maximum Gasteiger partial charge on any atom is 0.341 e. The molecule has 1 heterocycles. The van der Waals surface area contributed by atoms with Crippen molar-refractivity contribution in [1.29, 1.82) is 0 Å². The molecule has 0 radical (unpaired) electrons. The molecule has 7 nitrogen and oxygen atoms in total. The van der Waals surface area contributed by atoms with E-state index in [1.807, 2.05) is 30.3 Å². The van der Waals surface area contributed by atoms with Gasteiger partial charge in [0.05, 0.1) is 5.52 Å². The molecular formula is C25H21NO6. The molecule has 1 N–H and O–H groups in total. The van der Waals surface area contributed by atoms with Gasteiger partial charge in [0.2, 0.25) is 5.43 Å². The lowest BCUT2D eigenvalue weighted by Gasteiger charge is -2.15. The SMILES string of the molecule is COCOc1cccc(-n2cc(C(=O)O)c(=O)c3ccc(OCc4ccccc4)cc32)c1. The first kappa shape index (κ1) is 21.1. The Morgan fingerprint density at radius 2 is 1.72 bits per heavy atom. The Morgan fingerprint density at radius 1 is 0.938 bits per heavy atom. The summed E-state index contributed by atoms with van der Waals surface area (Å²) in [6, 6.07) is 21.8. The highest BCUT2D eigenvalue weighted by Crippen LogP contribution is 2.25. The smallest absolute Gasteiger partial charge is 0.341 e. The lowest BCUT2D eigenvalue weighted by molar-refractivity contribution is 0.0511. The molecule has 4 rings (SSSR count). The number of carbonyl (C=O) groups is 1. The van der Waals surface area contributed by atoms with Crippen LogP contribution in [0.5, 0.6) is 11.5 Å². The van der Waals surface area contributed by atoms with Crippen molar-refractivity contribution in [3.63, 3.8) is 0 Å². The summed E-state index contributed by atoms with van der Waals surface area (Å²) in [5, 5.41) is 9.83. The number of hydrogen-bond donors (Lipinski definition) is 1. The first-order valence-electron chi connectivity index (χ1n) is 9.88. The van der Waals surface area contributed by atoms with Crippen molar-refractivity contribution in [3.8, 4) is 17.2 Å². The van der Waals surface area contributed by atoms with Gasteiger partial charge in [0, 0.05) is 36.5 Å². The Kier molecular flexibility index (Phi) is 6.19. The second-order valence-electron chi connectivity index (χ2n) is 7.05. The molecule has 0 aliphatic carbocycles. The van der Waals surface area contributed by atoms with Crippen LogP contribution in [0.25, 0.3) is 16.6 Å². The number of methoxy groups -OCH3 is 1. The van der Waals surface area contributed by atoms with Crippen LogP contribution >= 0.6 is 0 Å². The van der Waals surface area contributed by atoms with E-state index in [1.165, 1.54) is 13.3 Å². The van der Waals surface area contributed by atoms with Crippen LogP contribution < -0.4 is 14.9 Å². The molecule has 1 aromatic heterocycles. The highest BCUT2D eigenvalue weighted by Gasteiger charge is 2.16. The molecule has 0 aliphatic heterocycles. The standard InChI is InChI=1S/C25H21NO6/c1-30-16-32-19-9-5-8-18(12-19)26-14-22(25(28)29)24(27)21-11-10-20(13-23(21)26)31-15-17-6-3-2-4-7-17/h2-14H,15-16H2,1H3,(H,28,29). The zero-order valence-corrected chi connectivity index (χ0v) is 17.4. The number of pyridine rings is 1. The molecule has 0 fully saturated rings. The van der Waals surface area contributed by atoms with Crippen molar-refractivity contribution in [1.82, 2.24) is 4.57 Å². The van der Waals surface area contributed by atoms with Crippen molar-refractivity contribution in [2.75, 3.05) is 13.9 Å². The van der Waals surface area contributed by atoms with E-state index in [-0.39, 0.29) is 17.7 Å². The maximum absolute atomic E-state index is 12.8. The molecule has 0 aliphatic rings. The summed E-state index contributed by atoms with van der Waals surface area (Å²) in [6.07, 6.45) is 1.32. The summed E-state index contributed by atoms with van der Waals surface area (Å²) in [5.74, 6) is -0.184. The van der Waals surface area contributed by atoms with Crippen molar-refractivity contribution in [2.24, 2.45) is 0 Å². The van der Waals surface area contributed by atoms with Gasteiger partial charge in [-0.15, -0.1) is 0 Å². The van der Waals surface area contributed by atoms with Crippen LogP contribution in [0.2, 0.25) is 0 Å². The van der Waals surface area contributed by atoms with Gasteiger partial charge in [-0.25, -0.2) is 4.79 Å². The van der Waals surface area contributed by atoms with E-state index in [0.717, 1.165) is 5.56 Å². The molecule has 0 amide bonds. The molecule has 0 saturated heterocycles. The Balaban J connectivity index is 1.81. The second kappa shape index (κ2) is 9.36. The highest BCUT2D eigenvalue weighted by molar-refractivity contribution is 5.93. The number of aromatic nitrogens is 1. The van der Waals surface area contributed by atoms with Crippen molar-refractivity contribution >= 4 is 16.9 Å². The number of rotatable bonds is 8. The molecule has 0 unspecified atom stereocenters. The molecule has 7 heteroatoms. The molecular weight excluding hydrogens is 410 g/mol. The number of hydrogen-bond acceptors (Lipinski definition) is 5. The van der Waals surface area contributed by atoms with Crippen LogP contribution in [0.4, 0.5) is 0 Å². The largest absolute Gasteiger partial charge is 0.489 e. The fourth-order valence-corrected chi connectivity index (χ4v) is 3.35. The minimum Gasteiger partial charge on any atom is -0.489 e. The average Bonchev–Trinajstić information content (AvgIpc) is 2.82. The van der Waals surface area contributed by atoms with Gasteiger partial charge in [-0.1, -0.05) is 36.4 Å². The van der Waals surface area contributed by atoms with E-state index in [1.54, 1.807) is 47.0 Å². The lowest BCUT2D eigenvalue weighted by Crippen LogP contribution is -2.18. The predicted molar refractivity (Wildman–Crippen MR) is 120 cm³/mol. The van der Waals surface area contributed by atoms with E-state index in [2.05, 4.69) is 0 Å². The van der Waals surface area contributed by atoms with Crippen molar-refractivity contribution < 1.29 is 24.1 Å². The minimum absolute atomic E-state index is 0.0756. The van der Waals surface area contributed by atoms with Crippen LogP contribution in [0.1, 0.15) is 15.9 Å². The Hall–Kier alpha value is -4.10. The first-order valence-corrected chi connectivity index (χ1v) is 9.88. The van der Waals surface area contributed by atoms with Crippen LogP contribution in [0.15, 0.2) is 83.8 Å². The molecule has 0 bridgehead atoms. The van der Waals surface area contributed by atoms with E-state index >= 15 is 0 Å². The third-order valence-electron chi connectivity index (χ3n) is 4.89. The second-order valence-corrected chi connectivity index (χ2v) is 7.05. The fourth-order valence-electron chi connectivity index (χ4n) is 3.35. The Morgan fingerprint density at radius 3 is 2.47 bits per heavy atom. The maximum atomic E-state index is 12.8. The monoisotopic (exact) mass is 431 g/mol. The number of aromatic carboxylic acids is 1. The van der Waals surface area contributed by atoms with Gasteiger partial charge >= 0.3 is 5.97 Å². The Labute approximate surface area is 184 Å². The topological polar surface area (TPSA) is 87.0 Å². The van der Waals surface area contributed by atoms with Gasteiger partial charge < -0.3 is 23.9 Å². The van der Waals surface area contributed by atoms with Gasteiger partial charge in [0.25, 0.3) is 0 Å². The number of benzene rings is 3. The zero-order chi connectivity index (χ0) is 22.5. The number of carboxylic acids is 1. The van der Waals surface area contributed by atoms with Crippen LogP contribution in [-0.4, -0.2) is 29.5 Å². The fraction of sp³-hybridized carbons (Fsp3) is 0.120. The molecule has 32 heavy (non-hydrogen) atoms. The normalized spacial score (nSPS) is 10.8. The van der Waals surface area contributed by atoms with E-state index < -0.39 is 11.4 Å². The number of nitrogens with zero attached hydrogens (tertiary/aromatic N) is 1. The van der Waals surface area contributed by atoms with E-state index in [4.69, 9.17) is 14.2 Å². The van der Waals surface area contributed by atoms with Gasteiger partial charge in [-0.2, -0.15) is 0 Å². The summed E-state index contributed by atoms with van der Waals surface area (Å²) < 4.78 is 18.0. The first-order chi connectivity index (χ1) is 15.6. The van der Waals surface area contributed by atoms with Crippen LogP contribution in [-0.2, 0) is 11.3 Å². The average molecular weight is 431 g/mol. The minimum atomic E-state index is -1.29. The quantitative estimate of drug-likeness (QED) is 0.420. The van der Waals surface area contributed by atoms with Gasteiger partial charge in [-0.05, 0) is 29.8 Å². The third kappa shape index (κ3) is 4.48. The summed E-state index contributed by atoms with van der Waals surface area (Å²) in [4.78, 5) is 24.5. The number of carboxylic acid groups (broad SMARTS) is 1. The van der Waals surface area contributed by atoms with Gasteiger partial charge in [-0.3, -0.25) is 4.79 Å². The van der Waals surface area contributed by atoms with E-state index in [0.29, 0.717) is 29.3 Å². The highest BCUT2D eigenvalue weighted by atomic mass is 16.7. The predicted octanol–water partition coefficient (Wildman–Crippen LogP) is 4.25. The number of fused-ring (bicyclic) bond motifs is 1. The third-order valence-corrected chi connectivity index (χ3v) is 4.89. The van der Waals surface area contributed by atoms with Crippen molar-refractivity contribution in [3.05, 3.63) is 100 Å². The zero-order valence-electron chi connectivity index (χ0n) is 17.4. The molecule has 4 aromatic rings. The Bertz CT molecular complexity index is 1310. The van der Waals surface area contributed by atoms with Crippen LogP contribution in [0.3, 0.4) is 0 Å². The lowest BCUT2D eigenvalue weighted by atomic mass is 10.1. The molecule has 162 valence electrons. The molecule has 3 aromatic carbocycles. The van der Waals surface area contributed by atoms with Crippen molar-refractivity contribution in [2.45, 2.75) is 6.61 Å². The summed E-state index contributed by atoms with van der Waals surface area (Å²) in [6.45, 7) is 0.441. The van der Waals surface area contributed by atoms with E-state index in [9.17, 15) is 14.7 Å². The van der Waals surface area contributed by atoms with Gasteiger partial charge in [0.1, 0.15) is 23.7 Å². The molecule has 0 atom stereocenters. The molecule has 0 saturated carbocycles. The summed E-state index contributed by atoms with van der Waals surface area (Å²) >= 11 is 0. The number of ether oxygens (including phenoxy) is 3. The molecule has 0 spiro atoms.